The van der Waals surface area contributed by atoms with E-state index in [9.17, 15) is 18.0 Å². The summed E-state index contributed by atoms with van der Waals surface area (Å²) in [7, 11) is -3.62. The Bertz CT molecular complexity index is 994. The third kappa shape index (κ3) is 5.41. The summed E-state index contributed by atoms with van der Waals surface area (Å²) in [4.78, 5) is 24.5. The average Bonchev–Trinajstić information content (AvgIpc) is 2.99. The molecular weight excluding hydrogens is 426 g/mol. The molecule has 4 rings (SSSR count). The highest BCUT2D eigenvalue weighted by molar-refractivity contribution is 7.89. The molecule has 2 heterocycles. The van der Waals surface area contributed by atoms with Crippen LogP contribution in [0.5, 0.6) is 0 Å². The number of hydrogen-bond acceptors (Lipinski definition) is 4. The van der Waals surface area contributed by atoms with Gasteiger partial charge >= 0.3 is 0 Å². The van der Waals surface area contributed by atoms with Crippen molar-refractivity contribution in [1.82, 2.24) is 9.62 Å². The van der Waals surface area contributed by atoms with Gasteiger partial charge in [0, 0.05) is 37.7 Å². The molecule has 3 aliphatic rings. The fourth-order valence-electron chi connectivity index (χ4n) is 4.84. The Morgan fingerprint density at radius 3 is 2.66 bits per heavy atom. The van der Waals surface area contributed by atoms with Crippen molar-refractivity contribution in [3.8, 4) is 0 Å². The minimum absolute atomic E-state index is 0.0322. The summed E-state index contributed by atoms with van der Waals surface area (Å²) in [6, 6.07) is 4.95. The zero-order chi connectivity index (χ0) is 22.6. The van der Waals surface area contributed by atoms with Gasteiger partial charge in [0.05, 0.1) is 4.90 Å². The van der Waals surface area contributed by atoms with E-state index in [0.29, 0.717) is 57.4 Å². The van der Waals surface area contributed by atoms with Crippen molar-refractivity contribution in [2.75, 3.05) is 25.0 Å². The van der Waals surface area contributed by atoms with Crippen LogP contribution in [0.15, 0.2) is 34.7 Å². The van der Waals surface area contributed by atoms with Gasteiger partial charge in [-0.1, -0.05) is 11.6 Å². The largest absolute Gasteiger partial charge is 0.356 e. The Labute approximate surface area is 190 Å². The third-order valence-electron chi connectivity index (χ3n) is 6.79. The Morgan fingerprint density at radius 1 is 1.09 bits per heavy atom. The predicted octanol–water partition coefficient (Wildman–Crippen LogP) is 3.37. The monoisotopic (exact) mass is 459 g/mol. The van der Waals surface area contributed by atoms with Gasteiger partial charge in [0.25, 0.3) is 0 Å². The number of sulfonamides is 1. The van der Waals surface area contributed by atoms with E-state index in [4.69, 9.17) is 0 Å². The molecule has 8 heteroatoms. The zero-order valence-electron chi connectivity index (χ0n) is 18.6. The standard InChI is InChI=1S/C24H33N3O4S/c28-23-8-4-7-20-17-21(9-10-22(20)26-23)32(30,31)27-15-12-19(13-16-27)24(29)25-14-11-18-5-2-1-3-6-18/h5,9-10,17,19H,1-4,6-8,11-16H2,(H,25,29)(H,26,28). The molecular formula is C24H33N3O4S. The number of nitrogens with zero attached hydrogens (tertiary/aromatic N) is 1. The van der Waals surface area contributed by atoms with Crippen LogP contribution in [0.3, 0.4) is 0 Å². The average molecular weight is 460 g/mol. The van der Waals surface area contributed by atoms with Crippen LogP contribution in [0.4, 0.5) is 5.69 Å². The van der Waals surface area contributed by atoms with Gasteiger partial charge in [-0.25, -0.2) is 8.42 Å². The quantitative estimate of drug-likeness (QED) is 0.638. The van der Waals surface area contributed by atoms with Gasteiger partial charge in [-0.05, 0) is 81.5 Å². The van der Waals surface area contributed by atoms with E-state index >= 15 is 0 Å². The second-order valence-corrected chi connectivity index (χ2v) is 11.0. The number of carbonyl (C=O) groups is 2. The molecule has 0 spiro atoms. The van der Waals surface area contributed by atoms with Crippen molar-refractivity contribution in [2.45, 2.75) is 69.1 Å². The molecule has 2 aliphatic heterocycles. The first-order valence-corrected chi connectivity index (χ1v) is 13.3. The topological polar surface area (TPSA) is 95.6 Å². The number of carbonyl (C=O) groups excluding carboxylic acids is 2. The third-order valence-corrected chi connectivity index (χ3v) is 8.69. The van der Waals surface area contributed by atoms with Crippen LogP contribution >= 0.6 is 0 Å². The number of benzene rings is 1. The SMILES string of the molecule is O=C1CCCc2cc(S(=O)(=O)N3CCC(C(=O)NCCC4=CCCCC4)CC3)ccc2N1. The van der Waals surface area contributed by atoms with E-state index in [1.54, 1.807) is 18.2 Å². The van der Waals surface area contributed by atoms with Crippen LogP contribution in [0.1, 0.15) is 63.4 Å². The second kappa shape index (κ2) is 10.2. The molecule has 0 unspecified atom stereocenters. The number of piperidine rings is 1. The number of hydrogen-bond donors (Lipinski definition) is 2. The highest BCUT2D eigenvalue weighted by atomic mass is 32.2. The first-order valence-electron chi connectivity index (χ1n) is 11.8. The van der Waals surface area contributed by atoms with Crippen LogP contribution in [0.25, 0.3) is 0 Å². The van der Waals surface area contributed by atoms with Gasteiger partial charge in [0.15, 0.2) is 0 Å². The molecule has 0 radical (unpaired) electrons. The highest BCUT2D eigenvalue weighted by Gasteiger charge is 2.32. The number of aryl methyl sites for hydroxylation is 1. The van der Waals surface area contributed by atoms with Crippen LogP contribution < -0.4 is 10.6 Å². The fraction of sp³-hybridized carbons (Fsp3) is 0.583. The van der Waals surface area contributed by atoms with E-state index < -0.39 is 10.0 Å². The van der Waals surface area contributed by atoms with Crippen molar-refractivity contribution in [2.24, 2.45) is 5.92 Å². The number of allylic oxidation sites excluding steroid dienone is 1. The molecule has 2 amide bonds. The van der Waals surface area contributed by atoms with Crippen LogP contribution in [0, 0.1) is 5.92 Å². The smallest absolute Gasteiger partial charge is 0.243 e. The zero-order valence-corrected chi connectivity index (χ0v) is 19.4. The molecule has 0 saturated carbocycles. The molecule has 1 aromatic rings. The normalized spacial score (nSPS) is 20.6. The Balaban J connectivity index is 1.31. The maximum Gasteiger partial charge on any atom is 0.243 e. The molecule has 0 atom stereocenters. The van der Waals surface area contributed by atoms with Crippen molar-refractivity contribution in [1.29, 1.82) is 0 Å². The molecule has 0 aromatic heterocycles. The Hall–Kier alpha value is -2.19. The van der Waals surface area contributed by atoms with E-state index in [2.05, 4.69) is 16.7 Å². The molecule has 32 heavy (non-hydrogen) atoms. The summed E-state index contributed by atoms with van der Waals surface area (Å²) in [5.74, 6) is -0.126. The van der Waals surface area contributed by atoms with E-state index in [1.807, 2.05) is 0 Å². The summed E-state index contributed by atoms with van der Waals surface area (Å²) in [6.07, 6.45) is 10.9. The van der Waals surface area contributed by atoms with Crippen molar-refractivity contribution >= 4 is 27.5 Å². The van der Waals surface area contributed by atoms with Gasteiger partial charge < -0.3 is 10.6 Å². The van der Waals surface area contributed by atoms with Crippen molar-refractivity contribution < 1.29 is 18.0 Å². The van der Waals surface area contributed by atoms with Gasteiger partial charge in [0.1, 0.15) is 0 Å². The molecule has 7 nitrogen and oxygen atoms in total. The van der Waals surface area contributed by atoms with Crippen molar-refractivity contribution in [3.05, 3.63) is 35.4 Å². The molecule has 2 N–H and O–H groups in total. The maximum atomic E-state index is 13.2. The summed E-state index contributed by atoms with van der Waals surface area (Å²) >= 11 is 0. The van der Waals surface area contributed by atoms with Crippen LogP contribution in [-0.4, -0.2) is 44.2 Å². The molecule has 1 fully saturated rings. The van der Waals surface area contributed by atoms with Crippen LogP contribution in [0.2, 0.25) is 0 Å². The minimum atomic E-state index is -3.62. The summed E-state index contributed by atoms with van der Waals surface area (Å²) in [5.41, 5.74) is 3.00. The fourth-order valence-corrected chi connectivity index (χ4v) is 6.36. The van der Waals surface area contributed by atoms with Gasteiger partial charge in [0.2, 0.25) is 21.8 Å². The molecule has 0 bridgehead atoms. The Kier molecular flexibility index (Phi) is 7.30. The number of nitrogens with one attached hydrogen (secondary N) is 2. The van der Waals surface area contributed by atoms with Gasteiger partial charge in [-0.2, -0.15) is 4.31 Å². The second-order valence-electron chi connectivity index (χ2n) is 9.05. The van der Waals surface area contributed by atoms with Crippen molar-refractivity contribution in [3.63, 3.8) is 0 Å². The van der Waals surface area contributed by atoms with E-state index in [1.165, 1.54) is 22.7 Å². The summed E-state index contributed by atoms with van der Waals surface area (Å²) in [5, 5.41) is 5.89. The first-order chi connectivity index (χ1) is 15.4. The highest BCUT2D eigenvalue weighted by Crippen LogP contribution is 2.29. The number of anilines is 1. The molecule has 1 aromatic carbocycles. The molecule has 174 valence electrons. The predicted molar refractivity (Wildman–Crippen MR) is 124 cm³/mol. The first kappa shape index (κ1) is 23.0. The summed E-state index contributed by atoms with van der Waals surface area (Å²) in [6.45, 7) is 1.35. The summed E-state index contributed by atoms with van der Waals surface area (Å²) < 4.78 is 27.8. The molecule has 1 saturated heterocycles. The van der Waals surface area contributed by atoms with Gasteiger partial charge in [-0.3, -0.25) is 9.59 Å². The number of fused-ring (bicyclic) bond motifs is 1. The lowest BCUT2D eigenvalue weighted by atomic mass is 9.96. The lowest BCUT2D eigenvalue weighted by Crippen LogP contribution is -2.43. The number of rotatable bonds is 6. The van der Waals surface area contributed by atoms with E-state index in [0.717, 1.165) is 24.8 Å². The Morgan fingerprint density at radius 2 is 1.91 bits per heavy atom. The minimum Gasteiger partial charge on any atom is -0.356 e. The van der Waals surface area contributed by atoms with Gasteiger partial charge in [-0.15, -0.1) is 0 Å². The maximum absolute atomic E-state index is 13.2. The van der Waals surface area contributed by atoms with E-state index in [-0.39, 0.29) is 22.6 Å². The number of amides is 2. The lowest BCUT2D eigenvalue weighted by molar-refractivity contribution is -0.126. The van der Waals surface area contributed by atoms with Crippen LogP contribution in [-0.2, 0) is 26.0 Å². The molecule has 1 aliphatic carbocycles. The lowest BCUT2D eigenvalue weighted by Gasteiger charge is -2.30.